The van der Waals surface area contributed by atoms with E-state index in [2.05, 4.69) is 28.2 Å². The molecular weight excluding hydrogens is 582 g/mol. The predicted octanol–water partition coefficient (Wildman–Crippen LogP) is 6.66. The number of fused-ring (bicyclic) bond motifs is 1. The molecule has 1 N–H and O–H groups in total. The Morgan fingerprint density at radius 2 is 2.05 bits per heavy atom. The largest absolute Gasteiger partial charge is 0.427 e. The van der Waals surface area contributed by atoms with Crippen LogP contribution in [0, 0.1) is 5.82 Å². The number of ether oxygens (including phenoxy) is 1. The van der Waals surface area contributed by atoms with Crippen LogP contribution in [0.15, 0.2) is 65.7 Å². The van der Waals surface area contributed by atoms with Gasteiger partial charge in [0.1, 0.15) is 29.4 Å². The van der Waals surface area contributed by atoms with Crippen molar-refractivity contribution in [3.63, 3.8) is 0 Å². The lowest BCUT2D eigenvalue weighted by molar-refractivity contribution is -0.134. The Labute approximate surface area is 260 Å². The van der Waals surface area contributed by atoms with Gasteiger partial charge in [0.15, 0.2) is 5.65 Å². The number of carbonyl (C=O) groups is 1. The Balaban J connectivity index is 1.13. The van der Waals surface area contributed by atoms with Gasteiger partial charge in [0.2, 0.25) is 0 Å². The number of imidazole rings is 1. The Morgan fingerprint density at radius 1 is 1.16 bits per heavy atom. The zero-order chi connectivity index (χ0) is 30.6. The van der Waals surface area contributed by atoms with Crippen molar-refractivity contribution >= 4 is 35.0 Å². The van der Waals surface area contributed by atoms with Gasteiger partial charge < -0.3 is 15.0 Å². The summed E-state index contributed by atoms with van der Waals surface area (Å²) in [6.07, 6.45) is 6.15. The summed E-state index contributed by atoms with van der Waals surface area (Å²) in [6, 6.07) is 16.1. The lowest BCUT2D eigenvalue weighted by atomic mass is 10.0. The highest BCUT2D eigenvalue weighted by molar-refractivity contribution is 7.98. The lowest BCUT2D eigenvalue weighted by Crippen LogP contribution is -2.27. The molecule has 2 aromatic heterocycles. The van der Waals surface area contributed by atoms with Gasteiger partial charge in [-0.2, -0.15) is 4.52 Å². The van der Waals surface area contributed by atoms with Gasteiger partial charge in [-0.25, -0.2) is 13.8 Å². The second kappa shape index (κ2) is 13.5. The molecule has 0 spiro atoms. The molecule has 0 bridgehead atoms. The first-order valence-corrected chi connectivity index (χ1v) is 16.5. The minimum Gasteiger partial charge on any atom is -0.427 e. The van der Waals surface area contributed by atoms with E-state index in [9.17, 15) is 13.6 Å². The third kappa shape index (κ3) is 6.83. The maximum absolute atomic E-state index is 14.8. The normalized spacial score (nSPS) is 20.5. The standard InChI is InChI=1S/C33H38F2N6O2S/c1-3-4-8-33(42)43-26-7-5-6-22(15-26)19-39-14-13-25(21-39)37-32-18-36-30-11-12-31(38-41(30)32)40-20-24(35)17-28(40)27-16-23(34)9-10-29(27)44-2/h5-7,9-12,15-16,18,24-25,28,37H,3-4,8,13-14,17,19-21H2,1-2H3. The monoisotopic (exact) mass is 620 g/mol. The van der Waals surface area contributed by atoms with Crippen LogP contribution in [0.25, 0.3) is 5.65 Å². The van der Waals surface area contributed by atoms with E-state index in [0.29, 0.717) is 23.6 Å². The molecule has 2 fully saturated rings. The Morgan fingerprint density at radius 3 is 2.89 bits per heavy atom. The molecule has 44 heavy (non-hydrogen) atoms. The molecule has 0 aliphatic carbocycles. The summed E-state index contributed by atoms with van der Waals surface area (Å²) in [6.45, 7) is 4.77. The number of hydrogen-bond donors (Lipinski definition) is 1. The molecule has 4 heterocycles. The molecule has 3 unspecified atom stereocenters. The van der Waals surface area contributed by atoms with Crippen molar-refractivity contribution in [2.45, 2.75) is 68.7 Å². The predicted molar refractivity (Wildman–Crippen MR) is 170 cm³/mol. The number of nitrogens with one attached hydrogen (secondary N) is 1. The van der Waals surface area contributed by atoms with Gasteiger partial charge in [-0.15, -0.1) is 16.9 Å². The van der Waals surface area contributed by atoms with Crippen LogP contribution in [0.3, 0.4) is 0 Å². The van der Waals surface area contributed by atoms with Gasteiger partial charge in [-0.05, 0) is 72.7 Å². The Hall–Kier alpha value is -3.70. The number of unbranched alkanes of at least 4 members (excludes halogenated alkanes) is 1. The molecule has 0 saturated carbocycles. The minimum atomic E-state index is -1.03. The Kier molecular flexibility index (Phi) is 9.32. The molecule has 8 nitrogen and oxygen atoms in total. The molecule has 232 valence electrons. The molecule has 2 aliphatic heterocycles. The van der Waals surface area contributed by atoms with Crippen molar-refractivity contribution in [2.75, 3.05) is 36.1 Å². The fourth-order valence-electron chi connectivity index (χ4n) is 6.19. The fourth-order valence-corrected chi connectivity index (χ4v) is 6.82. The number of hydrogen-bond acceptors (Lipinski definition) is 8. The van der Waals surface area contributed by atoms with E-state index in [0.717, 1.165) is 60.7 Å². The van der Waals surface area contributed by atoms with E-state index in [1.807, 2.05) is 41.5 Å². The SMILES string of the molecule is CCCCC(=O)Oc1cccc(CN2CCC(Nc3cnc4ccc(N5CC(F)CC5c5cc(F)ccc5SC)nn34)C2)c1. The number of halogens is 2. The molecule has 0 amide bonds. The summed E-state index contributed by atoms with van der Waals surface area (Å²) in [7, 11) is 0. The number of alkyl halides is 1. The second-order valence-electron chi connectivity index (χ2n) is 11.6. The lowest BCUT2D eigenvalue weighted by Gasteiger charge is -2.27. The molecule has 6 rings (SSSR count). The molecule has 3 atom stereocenters. The molecule has 2 saturated heterocycles. The number of esters is 1. The van der Waals surface area contributed by atoms with Crippen LogP contribution >= 0.6 is 11.8 Å². The molecular formula is C33H38F2N6O2S. The van der Waals surface area contributed by atoms with Crippen molar-refractivity contribution in [1.82, 2.24) is 19.5 Å². The van der Waals surface area contributed by atoms with E-state index in [1.165, 1.54) is 23.9 Å². The molecule has 4 aromatic rings. The van der Waals surface area contributed by atoms with E-state index < -0.39 is 6.17 Å². The van der Waals surface area contributed by atoms with E-state index in [4.69, 9.17) is 9.84 Å². The van der Waals surface area contributed by atoms with Gasteiger partial charge in [-0.1, -0.05) is 25.5 Å². The van der Waals surface area contributed by atoms with Crippen molar-refractivity contribution in [3.8, 4) is 5.75 Å². The first-order valence-electron chi connectivity index (χ1n) is 15.3. The average Bonchev–Trinajstić information content (AvgIpc) is 3.75. The van der Waals surface area contributed by atoms with Gasteiger partial charge in [-0.3, -0.25) is 9.69 Å². The number of rotatable bonds is 11. The highest BCUT2D eigenvalue weighted by atomic mass is 32.2. The quantitative estimate of drug-likeness (QED) is 0.113. The van der Waals surface area contributed by atoms with Crippen molar-refractivity contribution in [1.29, 1.82) is 0 Å². The smallest absolute Gasteiger partial charge is 0.311 e. The van der Waals surface area contributed by atoms with Crippen molar-refractivity contribution in [3.05, 3.63) is 77.7 Å². The summed E-state index contributed by atoms with van der Waals surface area (Å²) in [5, 5.41) is 8.49. The van der Waals surface area contributed by atoms with Crippen molar-refractivity contribution in [2.24, 2.45) is 0 Å². The van der Waals surface area contributed by atoms with E-state index >= 15 is 0 Å². The maximum Gasteiger partial charge on any atom is 0.311 e. The molecule has 0 radical (unpaired) electrons. The molecule has 2 aromatic carbocycles. The van der Waals surface area contributed by atoms with E-state index in [1.54, 1.807) is 16.8 Å². The number of nitrogens with zero attached hydrogens (tertiary/aromatic N) is 5. The van der Waals surface area contributed by atoms with Crippen molar-refractivity contribution < 1.29 is 18.3 Å². The Bertz CT molecular complexity index is 1620. The molecule has 2 aliphatic rings. The highest BCUT2D eigenvalue weighted by Crippen LogP contribution is 2.40. The summed E-state index contributed by atoms with van der Waals surface area (Å²) in [5.41, 5.74) is 2.58. The van der Waals surface area contributed by atoms with E-state index in [-0.39, 0.29) is 36.8 Å². The van der Waals surface area contributed by atoms with Gasteiger partial charge in [0.25, 0.3) is 0 Å². The van der Waals surface area contributed by atoms with Gasteiger partial charge in [0.05, 0.1) is 18.8 Å². The van der Waals surface area contributed by atoms with Crippen LogP contribution in [0.4, 0.5) is 20.4 Å². The third-order valence-electron chi connectivity index (χ3n) is 8.34. The number of aromatic nitrogens is 3. The first-order chi connectivity index (χ1) is 21.4. The van der Waals surface area contributed by atoms with Crippen LogP contribution in [0.1, 0.15) is 56.2 Å². The summed E-state index contributed by atoms with van der Waals surface area (Å²) < 4.78 is 36.4. The van der Waals surface area contributed by atoms with Gasteiger partial charge >= 0.3 is 5.97 Å². The third-order valence-corrected chi connectivity index (χ3v) is 9.15. The second-order valence-corrected chi connectivity index (χ2v) is 12.4. The van der Waals surface area contributed by atoms with Crippen LogP contribution < -0.4 is 15.0 Å². The van der Waals surface area contributed by atoms with Crippen LogP contribution in [-0.2, 0) is 11.3 Å². The topological polar surface area (TPSA) is 75.0 Å². The average molecular weight is 621 g/mol. The number of anilines is 2. The number of carbonyl (C=O) groups excluding carboxylic acids is 1. The van der Waals surface area contributed by atoms with Gasteiger partial charge in [0, 0.05) is 43.4 Å². The fraction of sp³-hybridized carbons (Fsp3) is 0.424. The molecule has 11 heteroatoms. The van der Waals surface area contributed by atoms with Crippen LogP contribution in [0.2, 0.25) is 0 Å². The van der Waals surface area contributed by atoms with Crippen LogP contribution in [-0.4, -0.2) is 63.6 Å². The number of benzene rings is 2. The maximum atomic E-state index is 14.8. The minimum absolute atomic E-state index is 0.192. The zero-order valence-corrected chi connectivity index (χ0v) is 25.9. The number of likely N-dealkylation sites (tertiary alicyclic amines) is 1. The summed E-state index contributed by atoms with van der Waals surface area (Å²) >= 11 is 1.53. The summed E-state index contributed by atoms with van der Waals surface area (Å²) in [5.74, 6) is 1.48. The number of thioether (sulfide) groups is 1. The highest BCUT2D eigenvalue weighted by Gasteiger charge is 2.36. The first kappa shape index (κ1) is 30.3. The van der Waals surface area contributed by atoms with Crippen LogP contribution in [0.5, 0.6) is 5.75 Å². The zero-order valence-electron chi connectivity index (χ0n) is 25.1. The summed E-state index contributed by atoms with van der Waals surface area (Å²) in [4.78, 5) is 21.8.